The molecular weight excluding hydrogens is 439 g/mol. The second-order valence-electron chi connectivity index (χ2n) is 11.8. The average Bonchev–Trinajstić information content (AvgIpc) is 3.16. The van der Waals surface area contributed by atoms with Crippen LogP contribution in [0.25, 0.3) is 0 Å². The highest BCUT2D eigenvalue weighted by molar-refractivity contribution is 5.93. The monoisotopic (exact) mass is 478 g/mol. The molecule has 2 aromatic carbocycles. The molecule has 3 heterocycles. The quantitative estimate of drug-likeness (QED) is 0.577. The Morgan fingerprint density at radius 1 is 1.09 bits per heavy atom. The van der Waals surface area contributed by atoms with Gasteiger partial charge in [0.15, 0.2) is 0 Å². The van der Waals surface area contributed by atoms with Crippen LogP contribution in [0.3, 0.4) is 0 Å². The van der Waals surface area contributed by atoms with Gasteiger partial charge in [-0.3, -0.25) is 0 Å². The fourth-order valence-electron chi connectivity index (χ4n) is 6.23. The molecule has 5 nitrogen and oxygen atoms in total. The average molecular weight is 479 g/mol. The molecule has 0 saturated carbocycles. The molecule has 3 aliphatic heterocycles. The van der Waals surface area contributed by atoms with E-state index in [1.54, 1.807) is 6.07 Å². The number of para-hydroxylation sites is 1. The zero-order valence-corrected chi connectivity index (χ0v) is 21.5. The largest absolute Gasteiger partial charge is 0.366 e. The summed E-state index contributed by atoms with van der Waals surface area (Å²) in [6.45, 7) is 11.9. The van der Waals surface area contributed by atoms with Crippen LogP contribution < -0.4 is 15.5 Å². The molecule has 2 aromatic rings. The molecule has 2 unspecified atom stereocenters. The third-order valence-electron chi connectivity index (χ3n) is 8.63. The number of likely N-dealkylation sites (tertiary alicyclic amines) is 1. The van der Waals surface area contributed by atoms with Crippen LogP contribution >= 0.6 is 0 Å². The van der Waals surface area contributed by atoms with Gasteiger partial charge >= 0.3 is 6.03 Å². The lowest BCUT2D eigenvalue weighted by atomic mass is 9.72. The van der Waals surface area contributed by atoms with Crippen molar-refractivity contribution in [1.82, 2.24) is 10.2 Å². The van der Waals surface area contributed by atoms with Crippen LogP contribution in [0.15, 0.2) is 42.5 Å². The number of hydrogen-bond acceptors (Lipinski definition) is 3. The number of piperidine rings is 1. The van der Waals surface area contributed by atoms with Crippen LogP contribution in [-0.2, 0) is 0 Å². The summed E-state index contributed by atoms with van der Waals surface area (Å²) in [5.74, 6) is 0.0923. The molecule has 3 saturated heterocycles. The maximum atomic E-state index is 15.1. The summed E-state index contributed by atoms with van der Waals surface area (Å²) in [5, 5.41) is 6.82. The number of nitrogens with zero attached hydrogens (tertiary/aromatic N) is 2. The molecule has 0 aromatic heterocycles. The first kappa shape index (κ1) is 24.1. The van der Waals surface area contributed by atoms with Gasteiger partial charge in [-0.05, 0) is 61.6 Å². The van der Waals surface area contributed by atoms with Gasteiger partial charge in [0, 0.05) is 37.8 Å². The summed E-state index contributed by atoms with van der Waals surface area (Å²) in [7, 11) is 0. The predicted octanol–water partition coefficient (Wildman–Crippen LogP) is 5.90. The van der Waals surface area contributed by atoms with Gasteiger partial charge in [-0.25, -0.2) is 9.18 Å². The van der Waals surface area contributed by atoms with Crippen molar-refractivity contribution < 1.29 is 9.18 Å². The number of hydrogen-bond donors (Lipinski definition) is 2. The van der Waals surface area contributed by atoms with Gasteiger partial charge in [-0.2, -0.15) is 0 Å². The number of piperazine rings is 1. The van der Waals surface area contributed by atoms with Gasteiger partial charge in [0.25, 0.3) is 0 Å². The minimum atomic E-state index is -0.374. The van der Waals surface area contributed by atoms with E-state index in [0.717, 1.165) is 44.5 Å². The Morgan fingerprint density at radius 2 is 1.80 bits per heavy atom. The first-order valence-electron chi connectivity index (χ1n) is 13.1. The fraction of sp³-hybridized carbons (Fsp3) is 0.552. The normalized spacial score (nSPS) is 25.1. The number of urea groups is 1. The van der Waals surface area contributed by atoms with Gasteiger partial charge in [-0.1, -0.05) is 56.7 Å². The van der Waals surface area contributed by atoms with Gasteiger partial charge in [0.1, 0.15) is 11.5 Å². The summed E-state index contributed by atoms with van der Waals surface area (Å²) in [6.07, 6.45) is 4.09. The van der Waals surface area contributed by atoms with Crippen molar-refractivity contribution in [2.24, 2.45) is 5.41 Å². The van der Waals surface area contributed by atoms with E-state index in [1.807, 2.05) is 11.0 Å². The highest BCUT2D eigenvalue weighted by Crippen LogP contribution is 2.44. The third-order valence-corrected chi connectivity index (χ3v) is 8.63. The summed E-state index contributed by atoms with van der Waals surface area (Å²) < 4.78 is 15.1. The van der Waals surface area contributed by atoms with Gasteiger partial charge in [0.05, 0.1) is 5.69 Å². The SMILES string of the molecule is Cc1ccc(C2CCN(C(=O)Nc3c(F)cccc3N3CC4CCC(C(C)(C)C)(C3)N4)CC2)cc1. The number of carbonyl (C=O) groups excluding carboxylic acids is 1. The number of benzene rings is 2. The lowest BCUT2D eigenvalue weighted by molar-refractivity contribution is 0.145. The number of fused-ring (bicyclic) bond motifs is 2. The van der Waals surface area contributed by atoms with Gasteiger partial charge in [-0.15, -0.1) is 0 Å². The summed E-state index contributed by atoms with van der Waals surface area (Å²) >= 11 is 0. The summed E-state index contributed by atoms with van der Waals surface area (Å²) in [5.41, 5.74) is 3.77. The lowest BCUT2D eigenvalue weighted by Crippen LogP contribution is -2.65. The molecule has 3 fully saturated rings. The smallest absolute Gasteiger partial charge is 0.321 e. The lowest BCUT2D eigenvalue weighted by Gasteiger charge is -2.50. The van der Waals surface area contributed by atoms with Gasteiger partial charge < -0.3 is 20.4 Å². The van der Waals surface area contributed by atoms with E-state index in [9.17, 15) is 4.79 Å². The fourth-order valence-corrected chi connectivity index (χ4v) is 6.23. The van der Waals surface area contributed by atoms with Crippen molar-refractivity contribution >= 4 is 17.4 Å². The first-order valence-corrected chi connectivity index (χ1v) is 13.1. The van der Waals surface area contributed by atoms with Crippen molar-refractivity contribution in [2.45, 2.75) is 70.9 Å². The topological polar surface area (TPSA) is 47.6 Å². The second kappa shape index (κ2) is 9.12. The van der Waals surface area contributed by atoms with Crippen molar-refractivity contribution in [3.8, 4) is 0 Å². The summed E-state index contributed by atoms with van der Waals surface area (Å²) in [6, 6.07) is 14.0. The number of nitrogens with one attached hydrogen (secondary N) is 2. The first-order chi connectivity index (χ1) is 16.6. The molecule has 2 N–H and O–H groups in total. The van der Waals surface area contributed by atoms with E-state index in [-0.39, 0.29) is 22.8 Å². The summed E-state index contributed by atoms with van der Waals surface area (Å²) in [4.78, 5) is 17.3. The molecular formula is C29H39FN4O. The van der Waals surface area contributed by atoms with Crippen LogP contribution in [0.4, 0.5) is 20.6 Å². The molecule has 2 bridgehead atoms. The maximum Gasteiger partial charge on any atom is 0.321 e. The van der Waals surface area contributed by atoms with E-state index >= 15 is 4.39 Å². The molecule has 188 valence electrons. The van der Waals surface area contributed by atoms with Crippen LogP contribution in [-0.4, -0.2) is 48.7 Å². The Bertz CT molecular complexity index is 1070. The Hall–Kier alpha value is -2.60. The van der Waals surface area contributed by atoms with Crippen LogP contribution in [0.5, 0.6) is 0 Å². The molecule has 6 heteroatoms. The maximum absolute atomic E-state index is 15.1. The van der Waals surface area contributed by atoms with E-state index in [1.165, 1.54) is 17.2 Å². The Kier molecular flexibility index (Phi) is 6.28. The Morgan fingerprint density at radius 3 is 2.49 bits per heavy atom. The molecule has 3 aliphatic rings. The molecule has 0 radical (unpaired) electrons. The van der Waals surface area contributed by atoms with Crippen molar-refractivity contribution in [3.63, 3.8) is 0 Å². The zero-order chi connectivity index (χ0) is 24.8. The number of amides is 2. The van der Waals surface area contributed by atoms with E-state index in [0.29, 0.717) is 30.7 Å². The highest BCUT2D eigenvalue weighted by atomic mass is 19.1. The standard InChI is InChI=1S/C29H39FN4O/c1-20-8-10-21(11-9-20)22-13-16-33(17-14-22)27(35)31-26-24(30)6-5-7-25(26)34-18-23-12-15-29(19-34,32-23)28(2,3)4/h5-11,22-23,32H,12-19H2,1-4H3,(H,31,35). The third kappa shape index (κ3) is 4.65. The predicted molar refractivity (Wildman–Crippen MR) is 141 cm³/mol. The van der Waals surface area contributed by atoms with Crippen LogP contribution in [0, 0.1) is 18.2 Å². The molecule has 5 rings (SSSR count). The number of aryl methyl sites for hydroxylation is 1. The number of rotatable bonds is 3. The van der Waals surface area contributed by atoms with Crippen molar-refractivity contribution in [3.05, 3.63) is 59.4 Å². The van der Waals surface area contributed by atoms with Crippen LogP contribution in [0.1, 0.15) is 63.5 Å². The molecule has 2 atom stereocenters. The zero-order valence-electron chi connectivity index (χ0n) is 21.5. The number of anilines is 2. The van der Waals surface area contributed by atoms with Gasteiger partial charge in [0.2, 0.25) is 0 Å². The van der Waals surface area contributed by atoms with Crippen molar-refractivity contribution in [1.29, 1.82) is 0 Å². The number of carbonyl (C=O) groups is 1. The molecule has 0 aliphatic carbocycles. The van der Waals surface area contributed by atoms with E-state index in [2.05, 4.69) is 67.5 Å². The molecule has 0 spiro atoms. The van der Waals surface area contributed by atoms with E-state index in [4.69, 9.17) is 0 Å². The van der Waals surface area contributed by atoms with Crippen LogP contribution in [0.2, 0.25) is 0 Å². The second-order valence-corrected chi connectivity index (χ2v) is 11.8. The minimum Gasteiger partial charge on any atom is -0.366 e. The van der Waals surface area contributed by atoms with E-state index < -0.39 is 0 Å². The highest BCUT2D eigenvalue weighted by Gasteiger charge is 2.51. The molecule has 35 heavy (non-hydrogen) atoms. The minimum absolute atomic E-state index is 0.0125. The number of halogens is 1. The van der Waals surface area contributed by atoms with Crippen molar-refractivity contribution in [2.75, 3.05) is 36.4 Å². The Balaban J connectivity index is 1.29. The molecule has 2 amide bonds. The Labute approximate surface area is 209 Å².